The van der Waals surface area contributed by atoms with E-state index in [1.54, 1.807) is 0 Å². The summed E-state index contributed by atoms with van der Waals surface area (Å²) in [6.07, 6.45) is 0. The molecule has 1 aromatic carbocycles. The fourth-order valence-electron chi connectivity index (χ4n) is 0.544. The summed E-state index contributed by atoms with van der Waals surface area (Å²) in [6, 6.07) is -0.0618. The fraction of sp³-hybridized carbons (Fsp3) is 0.400. The molecular formula is C10H12F5N. The van der Waals surface area contributed by atoms with E-state index in [1.807, 2.05) is 20.8 Å². The molecule has 1 aromatic rings. The van der Waals surface area contributed by atoms with E-state index < -0.39 is 29.1 Å². The van der Waals surface area contributed by atoms with Crippen LogP contribution in [0.1, 0.15) is 20.8 Å². The Kier molecular flexibility index (Phi) is 4.86. The molecule has 0 radical (unpaired) electrons. The number of rotatable bonds is 0. The van der Waals surface area contributed by atoms with Crippen molar-refractivity contribution >= 4 is 0 Å². The second-order valence-electron chi connectivity index (χ2n) is 4.15. The topological polar surface area (TPSA) is 26.0 Å². The normalized spacial score (nSPS) is 10.8. The Morgan fingerprint density at radius 2 is 1.06 bits per heavy atom. The van der Waals surface area contributed by atoms with Crippen LogP contribution in [-0.4, -0.2) is 5.54 Å². The third-order valence-corrected chi connectivity index (χ3v) is 1.06. The van der Waals surface area contributed by atoms with E-state index in [4.69, 9.17) is 5.73 Å². The molecule has 6 heteroatoms. The highest BCUT2D eigenvalue weighted by molar-refractivity contribution is 5.12. The molecule has 2 N–H and O–H groups in total. The van der Waals surface area contributed by atoms with Gasteiger partial charge >= 0.3 is 0 Å². The van der Waals surface area contributed by atoms with Crippen molar-refractivity contribution < 1.29 is 22.0 Å². The van der Waals surface area contributed by atoms with Crippen LogP contribution in [0.4, 0.5) is 22.0 Å². The van der Waals surface area contributed by atoms with Crippen molar-refractivity contribution in [2.75, 3.05) is 0 Å². The van der Waals surface area contributed by atoms with Crippen molar-refractivity contribution in [2.45, 2.75) is 26.3 Å². The van der Waals surface area contributed by atoms with Crippen LogP contribution in [0.25, 0.3) is 0 Å². The average Bonchev–Trinajstić information content (AvgIpc) is 2.09. The SMILES string of the molecule is CC(C)(C)N.Fc1cc(F)c(F)c(F)c1F. The highest BCUT2D eigenvalue weighted by Gasteiger charge is 2.18. The molecule has 1 nitrogen and oxygen atoms in total. The summed E-state index contributed by atoms with van der Waals surface area (Å²) in [5.74, 6) is -9.65. The zero-order valence-corrected chi connectivity index (χ0v) is 9.04. The van der Waals surface area contributed by atoms with Crippen LogP contribution >= 0.6 is 0 Å². The van der Waals surface area contributed by atoms with Crippen molar-refractivity contribution in [2.24, 2.45) is 5.73 Å². The van der Waals surface area contributed by atoms with E-state index in [0.29, 0.717) is 0 Å². The quantitative estimate of drug-likeness (QED) is 0.421. The Morgan fingerprint density at radius 1 is 0.812 bits per heavy atom. The molecule has 0 unspecified atom stereocenters. The van der Waals surface area contributed by atoms with Gasteiger partial charge in [-0.05, 0) is 20.8 Å². The maximum absolute atomic E-state index is 12.0. The van der Waals surface area contributed by atoms with Gasteiger partial charge in [0.25, 0.3) is 0 Å². The first kappa shape index (κ1) is 14.8. The molecule has 0 spiro atoms. The van der Waals surface area contributed by atoms with Crippen molar-refractivity contribution in [1.29, 1.82) is 0 Å². The van der Waals surface area contributed by atoms with Crippen molar-refractivity contribution in [3.8, 4) is 0 Å². The van der Waals surface area contributed by atoms with Gasteiger partial charge in [0, 0.05) is 11.6 Å². The molecule has 0 aliphatic heterocycles. The van der Waals surface area contributed by atoms with Gasteiger partial charge in [0.2, 0.25) is 5.82 Å². The predicted octanol–water partition coefficient (Wildman–Crippen LogP) is 3.13. The maximum Gasteiger partial charge on any atom is 0.200 e. The molecular weight excluding hydrogens is 229 g/mol. The molecule has 0 saturated heterocycles. The lowest BCUT2D eigenvalue weighted by atomic mass is 10.1. The van der Waals surface area contributed by atoms with E-state index in [-0.39, 0.29) is 11.6 Å². The largest absolute Gasteiger partial charge is 0.326 e. The monoisotopic (exact) mass is 241 g/mol. The van der Waals surface area contributed by atoms with Gasteiger partial charge < -0.3 is 5.73 Å². The minimum atomic E-state index is -2.14. The van der Waals surface area contributed by atoms with Crippen LogP contribution in [0.15, 0.2) is 6.07 Å². The average molecular weight is 241 g/mol. The predicted molar refractivity (Wildman–Crippen MR) is 50.2 cm³/mol. The Labute approximate surface area is 90.1 Å². The number of nitrogens with two attached hydrogens (primary N) is 1. The molecule has 0 aliphatic carbocycles. The second kappa shape index (κ2) is 5.25. The molecule has 0 aromatic heterocycles. The summed E-state index contributed by atoms with van der Waals surface area (Å²) in [7, 11) is 0. The van der Waals surface area contributed by atoms with Crippen LogP contribution in [0.2, 0.25) is 0 Å². The fourth-order valence-corrected chi connectivity index (χ4v) is 0.544. The van der Waals surface area contributed by atoms with Crippen LogP contribution in [0, 0.1) is 29.1 Å². The van der Waals surface area contributed by atoms with Gasteiger partial charge in [-0.2, -0.15) is 0 Å². The molecule has 0 saturated carbocycles. The first-order chi connectivity index (χ1) is 7.04. The molecule has 92 valence electrons. The lowest BCUT2D eigenvalue weighted by molar-refractivity contribution is 0.378. The van der Waals surface area contributed by atoms with Crippen molar-refractivity contribution in [3.63, 3.8) is 0 Å². The molecule has 0 aliphatic rings. The van der Waals surface area contributed by atoms with Crippen LogP contribution in [0.5, 0.6) is 0 Å². The van der Waals surface area contributed by atoms with Crippen molar-refractivity contribution in [1.82, 2.24) is 0 Å². The number of benzene rings is 1. The standard InChI is InChI=1S/C6HF5.C4H11N/c7-2-1-3(8)5(10)6(11)4(2)9;1-4(2,3)5/h1H;5H2,1-3H3. The molecule has 16 heavy (non-hydrogen) atoms. The maximum atomic E-state index is 12.0. The lowest BCUT2D eigenvalue weighted by Gasteiger charge is -2.06. The Hall–Kier alpha value is -1.17. The molecule has 0 heterocycles. The van der Waals surface area contributed by atoms with Crippen LogP contribution < -0.4 is 5.73 Å². The minimum absolute atomic E-state index is 0. The van der Waals surface area contributed by atoms with E-state index >= 15 is 0 Å². The van der Waals surface area contributed by atoms with E-state index in [0.717, 1.165) is 0 Å². The summed E-state index contributed by atoms with van der Waals surface area (Å²) in [4.78, 5) is 0. The summed E-state index contributed by atoms with van der Waals surface area (Å²) >= 11 is 0. The van der Waals surface area contributed by atoms with Gasteiger partial charge in [0.1, 0.15) is 0 Å². The molecule has 0 atom stereocenters. The first-order valence-electron chi connectivity index (χ1n) is 4.31. The third-order valence-electron chi connectivity index (χ3n) is 1.06. The number of hydrogen-bond donors (Lipinski definition) is 1. The molecule has 0 amide bonds. The smallest absolute Gasteiger partial charge is 0.200 e. The number of halogens is 5. The van der Waals surface area contributed by atoms with E-state index in [2.05, 4.69) is 0 Å². The number of hydrogen-bond acceptors (Lipinski definition) is 1. The van der Waals surface area contributed by atoms with Crippen molar-refractivity contribution in [3.05, 3.63) is 35.2 Å². The summed E-state index contributed by atoms with van der Waals surface area (Å²) < 4.78 is 60.0. The Morgan fingerprint density at radius 3 is 1.31 bits per heavy atom. The van der Waals surface area contributed by atoms with Gasteiger partial charge in [-0.15, -0.1) is 0 Å². The van der Waals surface area contributed by atoms with E-state index in [9.17, 15) is 22.0 Å². The second-order valence-corrected chi connectivity index (χ2v) is 4.15. The Balaban J connectivity index is 0.000000385. The Bertz CT molecular complexity index is 338. The highest BCUT2D eigenvalue weighted by atomic mass is 19.2. The van der Waals surface area contributed by atoms with Gasteiger partial charge in [-0.1, -0.05) is 0 Å². The highest BCUT2D eigenvalue weighted by Crippen LogP contribution is 2.16. The molecule has 0 bridgehead atoms. The zero-order chi connectivity index (χ0) is 13.1. The molecule has 0 fully saturated rings. The first-order valence-corrected chi connectivity index (χ1v) is 4.31. The zero-order valence-electron chi connectivity index (χ0n) is 9.04. The van der Waals surface area contributed by atoms with Crippen LogP contribution in [-0.2, 0) is 0 Å². The van der Waals surface area contributed by atoms with Crippen LogP contribution in [0.3, 0.4) is 0 Å². The lowest BCUT2D eigenvalue weighted by Crippen LogP contribution is -2.26. The summed E-state index contributed by atoms with van der Waals surface area (Å²) in [5.41, 5.74) is 5.35. The van der Waals surface area contributed by atoms with Gasteiger partial charge in [-0.3, -0.25) is 0 Å². The summed E-state index contributed by atoms with van der Waals surface area (Å²) in [6.45, 7) is 5.90. The van der Waals surface area contributed by atoms with Gasteiger partial charge in [-0.25, -0.2) is 22.0 Å². The third kappa shape index (κ3) is 5.06. The van der Waals surface area contributed by atoms with Gasteiger partial charge in [0.15, 0.2) is 23.3 Å². The molecule has 1 rings (SSSR count). The summed E-state index contributed by atoms with van der Waals surface area (Å²) in [5, 5.41) is 0. The van der Waals surface area contributed by atoms with E-state index in [1.165, 1.54) is 0 Å². The van der Waals surface area contributed by atoms with Gasteiger partial charge in [0.05, 0.1) is 0 Å². The minimum Gasteiger partial charge on any atom is -0.326 e.